The van der Waals surface area contributed by atoms with Crippen molar-refractivity contribution in [3.63, 3.8) is 0 Å². The molecular weight excluding hydrogens is 144 g/mol. The molecule has 0 bridgehead atoms. The summed E-state index contributed by atoms with van der Waals surface area (Å²) in [5, 5.41) is 0. The fourth-order valence-electron chi connectivity index (χ4n) is 0.809. The average molecular weight is 153 g/mol. The van der Waals surface area contributed by atoms with Gasteiger partial charge in [-0.3, -0.25) is 0 Å². The van der Waals surface area contributed by atoms with Crippen molar-refractivity contribution in [1.29, 1.82) is 0 Å². The molecule has 0 saturated heterocycles. The fraction of sp³-hybridized carbons (Fsp3) is 0.111. The monoisotopic (exact) mass is 152 g/mol. The Labute approximate surface area is 66.8 Å². The van der Waals surface area contributed by atoms with E-state index in [0.717, 1.165) is 11.1 Å². The van der Waals surface area contributed by atoms with E-state index in [9.17, 15) is 0 Å². The van der Waals surface area contributed by atoms with Crippen LogP contribution in [0.5, 0.6) is 0 Å². The molecule has 0 unspecified atom stereocenters. The maximum absolute atomic E-state index is 5.51. The van der Waals surface area contributed by atoms with E-state index in [-0.39, 0.29) is 0 Å². The molecule has 0 aliphatic heterocycles. The van der Waals surface area contributed by atoms with Crippen molar-refractivity contribution >= 4 is 11.6 Å². The van der Waals surface area contributed by atoms with Crippen molar-refractivity contribution in [2.75, 3.05) is 5.88 Å². The van der Waals surface area contributed by atoms with Crippen LogP contribution < -0.4 is 0 Å². The number of hydrogen-bond donors (Lipinski definition) is 0. The molecule has 1 rings (SSSR count). The minimum Gasteiger partial charge on any atom is -0.126 e. The normalized spacial score (nSPS) is 9.80. The smallest absolute Gasteiger partial charge is 0.0298 e. The van der Waals surface area contributed by atoms with Gasteiger partial charge in [0.25, 0.3) is 0 Å². The highest BCUT2D eigenvalue weighted by atomic mass is 35.5. The summed E-state index contributed by atoms with van der Waals surface area (Å²) in [7, 11) is 0. The summed E-state index contributed by atoms with van der Waals surface area (Å²) in [6.45, 7) is 3.80. The second kappa shape index (κ2) is 3.62. The fourth-order valence-corrected chi connectivity index (χ4v) is 0.987. The van der Waals surface area contributed by atoms with Crippen molar-refractivity contribution in [1.82, 2.24) is 0 Å². The van der Waals surface area contributed by atoms with Crippen molar-refractivity contribution in [2.24, 2.45) is 0 Å². The third-order valence-electron chi connectivity index (χ3n) is 1.26. The van der Waals surface area contributed by atoms with Crippen LogP contribution in [0.4, 0.5) is 0 Å². The third kappa shape index (κ3) is 2.03. The average Bonchev–Trinajstić information content (AvgIpc) is 1.88. The van der Waals surface area contributed by atoms with Crippen LogP contribution in [-0.4, -0.2) is 5.88 Å². The Kier molecular flexibility index (Phi) is 2.76. The van der Waals surface area contributed by atoms with Gasteiger partial charge in [-0.05, 0) is 18.1 Å². The molecule has 1 aromatic rings. The molecule has 0 heterocycles. The predicted molar refractivity (Wildman–Crippen MR) is 45.0 cm³/mol. The van der Waals surface area contributed by atoms with E-state index in [0.29, 0.717) is 5.88 Å². The van der Waals surface area contributed by atoms with Crippen molar-refractivity contribution < 1.29 is 0 Å². The molecule has 0 aromatic heterocycles. The molecule has 0 aliphatic carbocycles. The lowest BCUT2D eigenvalue weighted by Crippen LogP contribution is -1.82. The lowest BCUT2D eigenvalue weighted by Gasteiger charge is -1.96. The molecule has 0 aliphatic rings. The summed E-state index contributed by atoms with van der Waals surface area (Å²) in [4.78, 5) is 0. The van der Waals surface area contributed by atoms with Gasteiger partial charge in [0.2, 0.25) is 0 Å². The first kappa shape index (κ1) is 7.62. The first-order valence-electron chi connectivity index (χ1n) is 3.14. The first-order chi connectivity index (χ1) is 4.83. The van der Waals surface area contributed by atoms with E-state index in [4.69, 9.17) is 11.6 Å². The van der Waals surface area contributed by atoms with Gasteiger partial charge in [0.15, 0.2) is 0 Å². The molecule has 2 radical (unpaired) electrons. The molecule has 0 fully saturated rings. The molecule has 52 valence electrons. The zero-order valence-corrected chi connectivity index (χ0v) is 6.43. The van der Waals surface area contributed by atoms with Crippen LogP contribution in [0.1, 0.15) is 11.1 Å². The van der Waals surface area contributed by atoms with Gasteiger partial charge >= 0.3 is 0 Å². The molecule has 0 amide bonds. The zero-order valence-electron chi connectivity index (χ0n) is 5.68. The zero-order chi connectivity index (χ0) is 7.40. The summed E-state index contributed by atoms with van der Waals surface area (Å²) in [5.41, 5.74) is 2.17. The number of hydrogen-bond acceptors (Lipinski definition) is 0. The van der Waals surface area contributed by atoms with E-state index in [2.05, 4.69) is 6.92 Å². The summed E-state index contributed by atoms with van der Waals surface area (Å²) in [6.07, 6.45) is 1.95. The van der Waals surface area contributed by atoms with Gasteiger partial charge in [-0.1, -0.05) is 24.3 Å². The van der Waals surface area contributed by atoms with Crippen molar-refractivity contribution in [2.45, 2.75) is 0 Å². The summed E-state index contributed by atoms with van der Waals surface area (Å²) < 4.78 is 0. The van der Waals surface area contributed by atoms with Gasteiger partial charge in [0.1, 0.15) is 0 Å². The molecule has 0 atom stereocenters. The lowest BCUT2D eigenvalue weighted by atomic mass is 10.1. The maximum atomic E-state index is 5.51. The van der Waals surface area contributed by atoms with E-state index < -0.39 is 0 Å². The highest BCUT2D eigenvalue weighted by Gasteiger charge is 1.90. The van der Waals surface area contributed by atoms with Gasteiger partial charge in [0.05, 0.1) is 0 Å². The molecule has 0 N–H and O–H groups in total. The molecule has 1 heteroatoms. The van der Waals surface area contributed by atoms with E-state index in [1.54, 1.807) is 0 Å². The van der Waals surface area contributed by atoms with E-state index in [1.165, 1.54) is 0 Å². The summed E-state index contributed by atoms with van der Waals surface area (Å²) in [5.74, 6) is 0.559. The largest absolute Gasteiger partial charge is 0.126 e. The Morgan fingerprint density at radius 2 is 2.30 bits per heavy atom. The lowest BCUT2D eigenvalue weighted by molar-refractivity contribution is 1.41. The van der Waals surface area contributed by atoms with Crippen LogP contribution in [0.25, 0.3) is 0 Å². The second-order valence-corrected chi connectivity index (χ2v) is 2.41. The Hall–Kier alpha value is -0.490. The quantitative estimate of drug-likeness (QED) is 0.572. The standard InChI is InChI=1S/C9H9Cl/c1-8-3-2-4-9(7-8)5-6-10/h2-5,7H,1,6H2. The number of benzene rings is 1. The van der Waals surface area contributed by atoms with Crippen LogP contribution in [-0.2, 0) is 0 Å². The highest BCUT2D eigenvalue weighted by molar-refractivity contribution is 6.18. The van der Waals surface area contributed by atoms with Crippen LogP contribution in [0.15, 0.2) is 24.3 Å². The molecule has 10 heavy (non-hydrogen) atoms. The molecule has 0 spiro atoms. The molecule has 1 aromatic carbocycles. The Morgan fingerprint density at radius 1 is 1.50 bits per heavy atom. The topological polar surface area (TPSA) is 0 Å². The highest BCUT2D eigenvalue weighted by Crippen LogP contribution is 2.06. The molecular formula is C9H9Cl. The van der Waals surface area contributed by atoms with Crippen LogP contribution >= 0.6 is 11.6 Å². The van der Waals surface area contributed by atoms with Crippen LogP contribution in [0.2, 0.25) is 0 Å². The molecule has 0 nitrogen and oxygen atoms in total. The van der Waals surface area contributed by atoms with Gasteiger partial charge in [-0.2, -0.15) is 0 Å². The van der Waals surface area contributed by atoms with E-state index in [1.807, 2.05) is 30.7 Å². The number of alkyl halides is 1. The first-order valence-corrected chi connectivity index (χ1v) is 3.67. The number of halogens is 1. The SMILES string of the molecule is [CH2]c1cccc([CH]CCl)c1. The Morgan fingerprint density at radius 3 is 2.90 bits per heavy atom. The van der Waals surface area contributed by atoms with Gasteiger partial charge in [-0.25, -0.2) is 0 Å². The minimum atomic E-state index is 0.559. The second-order valence-electron chi connectivity index (χ2n) is 2.10. The van der Waals surface area contributed by atoms with Gasteiger partial charge in [0, 0.05) is 12.3 Å². The summed E-state index contributed by atoms with van der Waals surface area (Å²) >= 11 is 5.51. The minimum absolute atomic E-state index is 0.559. The van der Waals surface area contributed by atoms with Crippen molar-refractivity contribution in [3.05, 3.63) is 48.7 Å². The number of rotatable bonds is 2. The van der Waals surface area contributed by atoms with Crippen LogP contribution in [0.3, 0.4) is 0 Å². The Bertz CT molecular complexity index is 206. The maximum Gasteiger partial charge on any atom is 0.0298 e. The summed E-state index contributed by atoms with van der Waals surface area (Å²) in [6, 6.07) is 7.95. The predicted octanol–water partition coefficient (Wildman–Crippen LogP) is 2.66. The Balaban J connectivity index is 2.75. The van der Waals surface area contributed by atoms with Gasteiger partial charge < -0.3 is 0 Å². The van der Waals surface area contributed by atoms with Gasteiger partial charge in [-0.15, -0.1) is 11.6 Å². The van der Waals surface area contributed by atoms with Crippen molar-refractivity contribution in [3.8, 4) is 0 Å². The third-order valence-corrected chi connectivity index (χ3v) is 1.42. The molecule has 0 saturated carbocycles. The van der Waals surface area contributed by atoms with E-state index >= 15 is 0 Å². The van der Waals surface area contributed by atoms with Crippen LogP contribution in [0, 0.1) is 13.3 Å².